The first kappa shape index (κ1) is 14.5. The van der Waals surface area contributed by atoms with Gasteiger partial charge in [0.25, 0.3) is 5.69 Å². The SMILES string of the molecule is CCN(Cc1ccccc1[N+](=O)[O-])C1CC2CCC(C1)N2. The van der Waals surface area contributed by atoms with Gasteiger partial charge in [-0.15, -0.1) is 0 Å². The van der Waals surface area contributed by atoms with Gasteiger partial charge in [0.05, 0.1) is 4.92 Å². The quantitative estimate of drug-likeness (QED) is 0.669. The van der Waals surface area contributed by atoms with Crippen molar-refractivity contribution in [3.05, 3.63) is 39.9 Å². The van der Waals surface area contributed by atoms with Crippen molar-refractivity contribution >= 4 is 5.69 Å². The number of hydrogen-bond acceptors (Lipinski definition) is 4. The first-order chi connectivity index (χ1) is 10.2. The van der Waals surface area contributed by atoms with Crippen LogP contribution >= 0.6 is 0 Å². The van der Waals surface area contributed by atoms with Crippen molar-refractivity contribution in [2.75, 3.05) is 6.54 Å². The van der Waals surface area contributed by atoms with E-state index in [1.807, 2.05) is 12.1 Å². The normalized spacial score (nSPS) is 28.0. The number of hydrogen-bond donors (Lipinski definition) is 1. The zero-order chi connectivity index (χ0) is 14.8. The van der Waals surface area contributed by atoms with Crippen molar-refractivity contribution in [2.45, 2.75) is 57.3 Å². The van der Waals surface area contributed by atoms with Crippen LogP contribution in [0.2, 0.25) is 0 Å². The van der Waals surface area contributed by atoms with Crippen molar-refractivity contribution < 1.29 is 4.92 Å². The maximum absolute atomic E-state index is 11.2. The molecule has 2 aliphatic heterocycles. The molecule has 114 valence electrons. The van der Waals surface area contributed by atoms with Crippen LogP contribution < -0.4 is 5.32 Å². The number of benzene rings is 1. The molecule has 0 spiro atoms. The highest BCUT2D eigenvalue weighted by Crippen LogP contribution is 2.31. The molecule has 0 amide bonds. The summed E-state index contributed by atoms with van der Waals surface area (Å²) in [5.41, 5.74) is 1.07. The third kappa shape index (κ3) is 3.09. The summed E-state index contributed by atoms with van der Waals surface area (Å²) in [5.74, 6) is 0. The van der Waals surface area contributed by atoms with E-state index in [9.17, 15) is 10.1 Å². The number of nitro benzene ring substituents is 1. The van der Waals surface area contributed by atoms with Gasteiger partial charge in [-0.1, -0.05) is 25.1 Å². The van der Waals surface area contributed by atoms with Crippen LogP contribution in [0.25, 0.3) is 0 Å². The average molecular weight is 289 g/mol. The van der Waals surface area contributed by atoms with E-state index in [1.54, 1.807) is 12.1 Å². The lowest BCUT2D eigenvalue weighted by molar-refractivity contribution is -0.385. The molecule has 5 heteroatoms. The molecule has 2 heterocycles. The molecule has 2 bridgehead atoms. The van der Waals surface area contributed by atoms with Crippen LogP contribution in [0.1, 0.15) is 38.2 Å². The van der Waals surface area contributed by atoms with Gasteiger partial charge in [-0.25, -0.2) is 0 Å². The Hall–Kier alpha value is -1.46. The molecule has 3 rings (SSSR count). The second-order valence-corrected chi connectivity index (χ2v) is 6.21. The lowest BCUT2D eigenvalue weighted by atomic mass is 9.97. The summed E-state index contributed by atoms with van der Waals surface area (Å²) < 4.78 is 0. The molecular weight excluding hydrogens is 266 g/mol. The van der Waals surface area contributed by atoms with Crippen LogP contribution in [-0.4, -0.2) is 34.5 Å². The standard InChI is InChI=1S/C16H23N3O2/c1-2-18(15-9-13-7-8-14(10-15)17-13)11-12-5-3-4-6-16(12)19(20)21/h3-6,13-15,17H,2,7-11H2,1H3. The fourth-order valence-electron chi connectivity index (χ4n) is 3.87. The summed E-state index contributed by atoms with van der Waals surface area (Å²) >= 11 is 0. The van der Waals surface area contributed by atoms with Crippen LogP contribution in [-0.2, 0) is 6.54 Å². The highest BCUT2D eigenvalue weighted by molar-refractivity contribution is 5.39. The maximum Gasteiger partial charge on any atom is 0.273 e. The fraction of sp³-hybridized carbons (Fsp3) is 0.625. The van der Waals surface area contributed by atoms with Gasteiger partial charge in [0.15, 0.2) is 0 Å². The number of fused-ring (bicyclic) bond motifs is 2. The molecule has 0 radical (unpaired) electrons. The number of rotatable bonds is 5. The van der Waals surface area contributed by atoms with Gasteiger partial charge in [0, 0.05) is 36.3 Å². The van der Waals surface area contributed by atoms with E-state index < -0.39 is 0 Å². The predicted molar refractivity (Wildman–Crippen MR) is 82.1 cm³/mol. The molecule has 0 saturated carbocycles. The molecule has 0 aromatic heterocycles. The van der Waals surface area contributed by atoms with Crippen molar-refractivity contribution in [1.29, 1.82) is 0 Å². The van der Waals surface area contributed by atoms with Gasteiger partial charge in [-0.05, 0) is 32.2 Å². The van der Waals surface area contributed by atoms with Crippen molar-refractivity contribution in [1.82, 2.24) is 10.2 Å². The van der Waals surface area contributed by atoms with Crippen LogP contribution in [0, 0.1) is 10.1 Å². The number of nitro groups is 1. The Bertz CT molecular complexity index is 508. The topological polar surface area (TPSA) is 58.4 Å². The Labute approximate surface area is 125 Å². The minimum absolute atomic E-state index is 0.243. The molecule has 1 aromatic rings. The van der Waals surface area contributed by atoms with Gasteiger partial charge in [0.2, 0.25) is 0 Å². The van der Waals surface area contributed by atoms with Gasteiger partial charge < -0.3 is 5.32 Å². The highest BCUT2D eigenvalue weighted by Gasteiger charge is 2.35. The summed E-state index contributed by atoms with van der Waals surface area (Å²) in [7, 11) is 0. The summed E-state index contributed by atoms with van der Waals surface area (Å²) in [5, 5.41) is 14.8. The summed E-state index contributed by atoms with van der Waals surface area (Å²) in [6, 6.07) is 8.96. The Balaban J connectivity index is 1.74. The van der Waals surface area contributed by atoms with Crippen molar-refractivity contribution in [3.63, 3.8) is 0 Å². The molecule has 1 aromatic carbocycles. The van der Waals surface area contributed by atoms with Gasteiger partial charge in [-0.2, -0.15) is 0 Å². The van der Waals surface area contributed by atoms with Crippen LogP contribution in [0.4, 0.5) is 5.69 Å². The van der Waals surface area contributed by atoms with E-state index >= 15 is 0 Å². The van der Waals surface area contributed by atoms with Gasteiger partial charge in [0.1, 0.15) is 0 Å². The lowest BCUT2D eigenvalue weighted by Crippen LogP contribution is -2.47. The molecular formula is C16H23N3O2. The third-order valence-electron chi connectivity index (χ3n) is 4.93. The minimum atomic E-state index is -0.269. The molecule has 21 heavy (non-hydrogen) atoms. The van der Waals surface area contributed by atoms with E-state index in [1.165, 1.54) is 25.7 Å². The average Bonchev–Trinajstić information content (AvgIpc) is 2.83. The number of piperidine rings is 1. The van der Waals surface area contributed by atoms with E-state index in [2.05, 4.69) is 17.1 Å². The summed E-state index contributed by atoms with van der Waals surface area (Å²) in [6.45, 7) is 3.77. The number of para-hydroxylation sites is 1. The highest BCUT2D eigenvalue weighted by atomic mass is 16.6. The zero-order valence-electron chi connectivity index (χ0n) is 12.5. The molecule has 2 saturated heterocycles. The second-order valence-electron chi connectivity index (χ2n) is 6.21. The second kappa shape index (κ2) is 6.12. The molecule has 0 aliphatic carbocycles. The number of nitrogens with one attached hydrogen (secondary N) is 1. The Kier molecular flexibility index (Phi) is 4.22. The fourth-order valence-corrected chi connectivity index (χ4v) is 3.87. The van der Waals surface area contributed by atoms with E-state index in [0.717, 1.165) is 12.1 Å². The third-order valence-corrected chi connectivity index (χ3v) is 4.93. The number of nitrogens with zero attached hydrogens (tertiary/aromatic N) is 2. The maximum atomic E-state index is 11.2. The predicted octanol–water partition coefficient (Wildman–Crippen LogP) is 2.70. The molecule has 2 atom stereocenters. The van der Waals surface area contributed by atoms with Gasteiger partial charge >= 0.3 is 0 Å². The Morgan fingerprint density at radius 1 is 1.29 bits per heavy atom. The van der Waals surface area contributed by atoms with E-state index in [0.29, 0.717) is 24.7 Å². The molecule has 1 N–H and O–H groups in total. The molecule has 2 aliphatic rings. The summed E-state index contributed by atoms with van der Waals surface area (Å²) in [4.78, 5) is 13.3. The molecule has 2 unspecified atom stereocenters. The Morgan fingerprint density at radius 2 is 1.95 bits per heavy atom. The van der Waals surface area contributed by atoms with Crippen molar-refractivity contribution in [3.8, 4) is 0 Å². The minimum Gasteiger partial charge on any atom is -0.311 e. The van der Waals surface area contributed by atoms with Crippen LogP contribution in [0.3, 0.4) is 0 Å². The van der Waals surface area contributed by atoms with E-state index in [-0.39, 0.29) is 10.6 Å². The largest absolute Gasteiger partial charge is 0.311 e. The summed E-state index contributed by atoms with van der Waals surface area (Å²) in [6.07, 6.45) is 4.91. The van der Waals surface area contributed by atoms with Crippen molar-refractivity contribution in [2.24, 2.45) is 0 Å². The lowest BCUT2D eigenvalue weighted by Gasteiger charge is -2.37. The van der Waals surface area contributed by atoms with Crippen LogP contribution in [0.15, 0.2) is 24.3 Å². The molecule has 5 nitrogen and oxygen atoms in total. The van der Waals surface area contributed by atoms with Crippen LogP contribution in [0.5, 0.6) is 0 Å². The first-order valence-corrected chi connectivity index (χ1v) is 7.89. The molecule has 2 fully saturated rings. The van der Waals surface area contributed by atoms with E-state index in [4.69, 9.17) is 0 Å². The van der Waals surface area contributed by atoms with Gasteiger partial charge in [-0.3, -0.25) is 15.0 Å². The smallest absolute Gasteiger partial charge is 0.273 e. The monoisotopic (exact) mass is 289 g/mol. The Morgan fingerprint density at radius 3 is 2.57 bits per heavy atom. The zero-order valence-corrected chi connectivity index (χ0v) is 12.5. The first-order valence-electron chi connectivity index (χ1n) is 7.89.